The van der Waals surface area contributed by atoms with Crippen LogP contribution in [0.3, 0.4) is 0 Å². The van der Waals surface area contributed by atoms with Crippen LogP contribution in [0.15, 0.2) is 35.5 Å². The van der Waals surface area contributed by atoms with Gasteiger partial charge in [-0.05, 0) is 29.9 Å². The maximum atomic E-state index is 11.6. The lowest BCUT2D eigenvalue weighted by Crippen LogP contribution is -2.24. The van der Waals surface area contributed by atoms with E-state index in [1.54, 1.807) is 23.6 Å². The third-order valence-corrected chi connectivity index (χ3v) is 4.05. The Morgan fingerprint density at radius 3 is 2.86 bits per heavy atom. The van der Waals surface area contributed by atoms with Crippen molar-refractivity contribution in [2.75, 3.05) is 6.54 Å². The molecule has 1 N–H and O–H groups in total. The van der Waals surface area contributed by atoms with Crippen LogP contribution in [0.2, 0.25) is 5.02 Å². The van der Waals surface area contributed by atoms with E-state index in [0.29, 0.717) is 18.1 Å². The zero-order chi connectivity index (χ0) is 16.1. The summed E-state index contributed by atoms with van der Waals surface area (Å²) in [5.74, 6) is 0. The van der Waals surface area contributed by atoms with Gasteiger partial charge >= 0.3 is 11.0 Å². The summed E-state index contributed by atoms with van der Waals surface area (Å²) in [6.45, 7) is 2.49. The van der Waals surface area contributed by atoms with E-state index in [1.165, 1.54) is 6.20 Å². The zero-order valence-electron chi connectivity index (χ0n) is 11.7. The van der Waals surface area contributed by atoms with E-state index in [0.717, 1.165) is 16.9 Å². The summed E-state index contributed by atoms with van der Waals surface area (Å²) in [5.41, 5.74) is 0.786. The number of thiazole rings is 1. The van der Waals surface area contributed by atoms with Crippen LogP contribution in [0.1, 0.15) is 12.5 Å². The number of nitrogens with one attached hydrogen (secondary N) is 1. The number of nitro groups is 1. The lowest BCUT2D eigenvalue weighted by molar-refractivity contribution is -0.380. The summed E-state index contributed by atoms with van der Waals surface area (Å²) in [6, 6.07) is 6.63. The average Bonchev–Trinajstić information content (AvgIpc) is 2.85. The van der Waals surface area contributed by atoms with E-state index in [-0.39, 0.29) is 9.80 Å². The van der Waals surface area contributed by atoms with Crippen LogP contribution in [0.5, 0.6) is 0 Å². The molecule has 2 rings (SSSR count). The van der Waals surface area contributed by atoms with Crippen molar-refractivity contribution in [3.63, 3.8) is 0 Å². The van der Waals surface area contributed by atoms with Gasteiger partial charge in [0.05, 0.1) is 17.7 Å². The van der Waals surface area contributed by atoms with E-state index in [1.807, 2.05) is 12.1 Å². The molecule has 1 heterocycles. The van der Waals surface area contributed by atoms with Crippen molar-refractivity contribution in [1.82, 2.24) is 9.88 Å². The summed E-state index contributed by atoms with van der Waals surface area (Å²) < 4.78 is 1.54. The van der Waals surface area contributed by atoms with Crippen molar-refractivity contribution in [3.8, 4) is 0 Å². The minimum atomic E-state index is -0.535. The molecule has 0 aliphatic rings. The SMILES string of the molecule is CCNC(=O)N=c1sc([N+](=O)[O-])cn1Cc1ccccc1Cl. The molecular formula is C13H13ClN4O3S. The van der Waals surface area contributed by atoms with Gasteiger partial charge in [0.25, 0.3) is 0 Å². The van der Waals surface area contributed by atoms with Crippen molar-refractivity contribution < 1.29 is 9.72 Å². The zero-order valence-corrected chi connectivity index (χ0v) is 13.2. The number of benzene rings is 1. The largest absolute Gasteiger partial charge is 0.343 e. The van der Waals surface area contributed by atoms with Crippen LogP contribution in [0.4, 0.5) is 9.80 Å². The van der Waals surface area contributed by atoms with Crippen LogP contribution in [0, 0.1) is 10.1 Å². The highest BCUT2D eigenvalue weighted by molar-refractivity contribution is 7.12. The fourth-order valence-electron chi connectivity index (χ4n) is 1.74. The fourth-order valence-corrected chi connectivity index (χ4v) is 2.74. The van der Waals surface area contributed by atoms with Crippen molar-refractivity contribution in [2.24, 2.45) is 4.99 Å². The van der Waals surface area contributed by atoms with Crippen LogP contribution in [-0.2, 0) is 6.54 Å². The summed E-state index contributed by atoms with van der Waals surface area (Å²) in [7, 11) is 0. The summed E-state index contributed by atoms with van der Waals surface area (Å²) in [4.78, 5) is 26.1. The number of halogens is 1. The normalized spacial score (nSPS) is 11.5. The molecule has 0 saturated heterocycles. The van der Waals surface area contributed by atoms with Crippen LogP contribution < -0.4 is 10.1 Å². The standard InChI is InChI=1S/C13H13ClN4O3S/c1-2-15-12(19)16-13-17(8-11(22-13)18(20)21)7-9-5-3-4-6-10(9)14/h3-6,8H,2,7H2,1H3,(H,15,19). The molecule has 9 heteroatoms. The number of rotatable bonds is 4. The molecule has 1 aromatic heterocycles. The first-order valence-corrected chi connectivity index (χ1v) is 7.61. The molecule has 0 radical (unpaired) electrons. The molecule has 1 aromatic carbocycles. The average molecular weight is 341 g/mol. The van der Waals surface area contributed by atoms with Gasteiger partial charge in [-0.3, -0.25) is 10.1 Å². The number of carbonyl (C=O) groups excluding carboxylic acids is 1. The Hall–Kier alpha value is -2.19. The van der Waals surface area contributed by atoms with Crippen LogP contribution >= 0.6 is 22.9 Å². The van der Waals surface area contributed by atoms with Gasteiger partial charge in [0.1, 0.15) is 0 Å². The topological polar surface area (TPSA) is 89.5 Å². The summed E-state index contributed by atoms with van der Waals surface area (Å²) in [6.07, 6.45) is 1.35. The van der Waals surface area contributed by atoms with E-state index in [2.05, 4.69) is 10.3 Å². The minimum Gasteiger partial charge on any atom is -0.336 e. The van der Waals surface area contributed by atoms with E-state index >= 15 is 0 Å². The predicted octanol–water partition coefficient (Wildman–Crippen LogP) is 2.79. The summed E-state index contributed by atoms with van der Waals surface area (Å²) >= 11 is 6.94. The van der Waals surface area contributed by atoms with Crippen LogP contribution in [-0.4, -0.2) is 22.1 Å². The van der Waals surface area contributed by atoms with Gasteiger partial charge in [0.2, 0.25) is 4.80 Å². The monoisotopic (exact) mass is 340 g/mol. The molecule has 2 aromatic rings. The lowest BCUT2D eigenvalue weighted by atomic mass is 10.2. The van der Waals surface area contributed by atoms with Gasteiger partial charge in [0, 0.05) is 11.6 Å². The number of nitrogens with zero attached hydrogens (tertiary/aromatic N) is 3. The predicted molar refractivity (Wildman–Crippen MR) is 84.2 cm³/mol. The maximum absolute atomic E-state index is 11.6. The molecule has 2 amide bonds. The molecule has 0 atom stereocenters. The van der Waals surface area contributed by atoms with Crippen molar-refractivity contribution in [1.29, 1.82) is 0 Å². The third kappa shape index (κ3) is 3.92. The second kappa shape index (κ2) is 7.19. The van der Waals surface area contributed by atoms with E-state index in [9.17, 15) is 14.9 Å². The van der Waals surface area contributed by atoms with E-state index in [4.69, 9.17) is 11.6 Å². The quantitative estimate of drug-likeness (QED) is 0.685. The van der Waals surface area contributed by atoms with Gasteiger partial charge in [-0.15, -0.1) is 0 Å². The van der Waals surface area contributed by atoms with Gasteiger partial charge in [-0.2, -0.15) is 4.99 Å². The Morgan fingerprint density at radius 1 is 1.50 bits per heavy atom. The van der Waals surface area contributed by atoms with Gasteiger partial charge in [-0.25, -0.2) is 4.79 Å². The molecule has 116 valence electrons. The lowest BCUT2D eigenvalue weighted by Gasteiger charge is -2.04. The number of aromatic nitrogens is 1. The Bertz CT molecular complexity index is 769. The molecule has 7 nitrogen and oxygen atoms in total. The molecular weight excluding hydrogens is 328 g/mol. The van der Waals surface area contributed by atoms with Crippen LogP contribution in [0.25, 0.3) is 0 Å². The molecule has 0 fully saturated rings. The second-order valence-corrected chi connectivity index (χ2v) is 5.67. The molecule has 0 saturated carbocycles. The van der Waals surface area contributed by atoms with Gasteiger partial charge < -0.3 is 9.88 Å². The van der Waals surface area contributed by atoms with Crippen molar-refractivity contribution >= 4 is 34.0 Å². The summed E-state index contributed by atoms with van der Waals surface area (Å²) in [5, 5.41) is 13.9. The number of hydrogen-bond acceptors (Lipinski definition) is 4. The number of carbonyl (C=O) groups is 1. The second-order valence-electron chi connectivity index (χ2n) is 4.28. The van der Waals surface area contributed by atoms with Crippen molar-refractivity contribution in [2.45, 2.75) is 13.5 Å². The number of urea groups is 1. The highest BCUT2D eigenvalue weighted by Gasteiger charge is 2.14. The molecule has 0 aliphatic carbocycles. The Kier molecular flexibility index (Phi) is 5.29. The van der Waals surface area contributed by atoms with Gasteiger partial charge in [-0.1, -0.05) is 29.8 Å². The third-order valence-electron chi connectivity index (χ3n) is 2.71. The maximum Gasteiger partial charge on any atom is 0.343 e. The minimum absolute atomic E-state index is 0.0879. The Morgan fingerprint density at radius 2 is 2.23 bits per heavy atom. The number of hydrogen-bond donors (Lipinski definition) is 1. The first kappa shape index (κ1) is 16.2. The Balaban J connectivity index is 2.43. The highest BCUT2D eigenvalue weighted by Crippen LogP contribution is 2.19. The molecule has 0 spiro atoms. The smallest absolute Gasteiger partial charge is 0.336 e. The first-order chi connectivity index (χ1) is 10.5. The fraction of sp³-hybridized carbons (Fsp3) is 0.231. The van der Waals surface area contributed by atoms with E-state index < -0.39 is 11.0 Å². The Labute approximate surface area is 135 Å². The van der Waals surface area contributed by atoms with Gasteiger partial charge in [0.15, 0.2) is 0 Å². The molecule has 0 bridgehead atoms. The molecule has 0 unspecified atom stereocenters. The molecule has 22 heavy (non-hydrogen) atoms. The first-order valence-electron chi connectivity index (χ1n) is 6.42. The number of amides is 2. The molecule has 0 aliphatic heterocycles. The van der Waals surface area contributed by atoms with Crippen molar-refractivity contribution in [3.05, 3.63) is 56.0 Å². The highest BCUT2D eigenvalue weighted by atomic mass is 35.5.